The molecule has 1 N–H and O–H groups in total. The maximum absolute atomic E-state index is 12.8. The van der Waals surface area contributed by atoms with E-state index in [4.69, 9.17) is 0 Å². The van der Waals surface area contributed by atoms with Gasteiger partial charge in [0.1, 0.15) is 5.82 Å². The van der Waals surface area contributed by atoms with Crippen LogP contribution in [0.15, 0.2) is 52.9 Å². The van der Waals surface area contributed by atoms with E-state index >= 15 is 0 Å². The van der Waals surface area contributed by atoms with Crippen molar-refractivity contribution in [3.8, 4) is 11.4 Å². The van der Waals surface area contributed by atoms with Crippen molar-refractivity contribution in [2.45, 2.75) is 25.7 Å². The van der Waals surface area contributed by atoms with E-state index in [0.717, 1.165) is 24.1 Å². The summed E-state index contributed by atoms with van der Waals surface area (Å²) in [5.41, 5.74) is 1.40. The molecular weight excluding hydrogens is 372 g/mol. The molecule has 144 valence electrons. The largest absolute Gasteiger partial charge is 0.342 e. The van der Waals surface area contributed by atoms with Gasteiger partial charge in [-0.15, -0.1) is 11.3 Å². The minimum absolute atomic E-state index is 0.0445. The number of carbonyl (C=O) groups excluding carboxylic acids is 1. The van der Waals surface area contributed by atoms with Crippen LogP contribution in [0.3, 0.4) is 0 Å². The number of pyridine rings is 1. The van der Waals surface area contributed by atoms with E-state index in [-0.39, 0.29) is 23.3 Å². The molecule has 0 saturated carbocycles. The number of aromatic amines is 1. The number of hydrogen-bond acceptors (Lipinski definition) is 5. The number of carbonyl (C=O) groups is 1. The average molecular weight is 395 g/mol. The standard InChI is InChI=1S/C21H22N4O2S/c1-14(11-17-3-2-10-28-17)21(27)25-9-6-16(13-25)18-12-19(26)24-20(23-18)15-4-7-22-8-5-15/h2-5,7-8,10,12,14,16H,6,9,11,13H2,1H3,(H,23,24,26)/t14-,16-/m1/s1. The first-order chi connectivity index (χ1) is 13.6. The number of nitrogens with one attached hydrogen (secondary N) is 1. The summed E-state index contributed by atoms with van der Waals surface area (Å²) in [5, 5.41) is 2.04. The van der Waals surface area contributed by atoms with Gasteiger partial charge in [-0.1, -0.05) is 13.0 Å². The first-order valence-electron chi connectivity index (χ1n) is 9.43. The number of amides is 1. The molecule has 2 atom stereocenters. The molecule has 0 bridgehead atoms. The van der Waals surface area contributed by atoms with Crippen LogP contribution in [0.4, 0.5) is 0 Å². The number of hydrogen-bond donors (Lipinski definition) is 1. The molecule has 1 aliphatic rings. The van der Waals surface area contributed by atoms with Crippen molar-refractivity contribution in [3.05, 3.63) is 69.0 Å². The van der Waals surface area contributed by atoms with E-state index in [2.05, 4.69) is 21.0 Å². The van der Waals surface area contributed by atoms with Gasteiger partial charge in [-0.3, -0.25) is 14.6 Å². The van der Waals surface area contributed by atoms with E-state index in [1.54, 1.807) is 29.8 Å². The number of nitrogens with zero attached hydrogens (tertiary/aromatic N) is 3. The second-order valence-corrected chi connectivity index (χ2v) is 8.24. The highest BCUT2D eigenvalue weighted by Crippen LogP contribution is 2.28. The first kappa shape index (κ1) is 18.6. The van der Waals surface area contributed by atoms with Crippen LogP contribution in [0.2, 0.25) is 0 Å². The Bertz CT molecular complexity index is 1000. The van der Waals surface area contributed by atoms with Crippen molar-refractivity contribution in [2.75, 3.05) is 13.1 Å². The van der Waals surface area contributed by atoms with E-state index in [1.165, 1.54) is 4.88 Å². The number of H-pyrrole nitrogens is 1. The Kier molecular flexibility index (Phi) is 5.34. The highest BCUT2D eigenvalue weighted by molar-refractivity contribution is 7.09. The van der Waals surface area contributed by atoms with Crippen LogP contribution in [0.5, 0.6) is 0 Å². The number of likely N-dealkylation sites (tertiary alicyclic amines) is 1. The van der Waals surface area contributed by atoms with Crippen LogP contribution in [0, 0.1) is 5.92 Å². The fourth-order valence-electron chi connectivity index (χ4n) is 3.66. The zero-order valence-electron chi connectivity index (χ0n) is 15.7. The van der Waals surface area contributed by atoms with Crippen LogP contribution in [-0.4, -0.2) is 38.8 Å². The van der Waals surface area contributed by atoms with E-state index in [1.807, 2.05) is 35.4 Å². The van der Waals surface area contributed by atoms with Gasteiger partial charge in [0.25, 0.3) is 5.56 Å². The van der Waals surface area contributed by atoms with Gasteiger partial charge >= 0.3 is 0 Å². The summed E-state index contributed by atoms with van der Waals surface area (Å²) in [6, 6.07) is 9.28. The topological polar surface area (TPSA) is 79.0 Å². The molecule has 7 heteroatoms. The summed E-state index contributed by atoms with van der Waals surface area (Å²) in [4.78, 5) is 39.6. The Morgan fingerprint density at radius 3 is 2.93 bits per heavy atom. The SMILES string of the molecule is C[C@H](Cc1cccs1)C(=O)N1CC[C@@H](c2cc(=O)[nH]c(-c3ccncc3)n2)C1. The molecule has 1 saturated heterocycles. The van der Waals surface area contributed by atoms with E-state index < -0.39 is 0 Å². The maximum Gasteiger partial charge on any atom is 0.251 e. The molecule has 3 aromatic heterocycles. The summed E-state index contributed by atoms with van der Waals surface area (Å²) in [7, 11) is 0. The molecule has 4 heterocycles. The third kappa shape index (κ3) is 4.04. The molecule has 4 rings (SSSR count). The molecule has 3 aromatic rings. The van der Waals surface area contributed by atoms with Crippen molar-refractivity contribution < 1.29 is 4.79 Å². The van der Waals surface area contributed by atoms with Gasteiger partial charge in [0.05, 0.1) is 5.69 Å². The van der Waals surface area contributed by atoms with Crippen LogP contribution in [0.25, 0.3) is 11.4 Å². The van der Waals surface area contributed by atoms with Gasteiger partial charge in [-0.05, 0) is 36.4 Å². The molecule has 6 nitrogen and oxygen atoms in total. The molecule has 0 aliphatic carbocycles. The number of rotatable bonds is 5. The summed E-state index contributed by atoms with van der Waals surface area (Å²) >= 11 is 1.69. The molecule has 0 radical (unpaired) electrons. The fraction of sp³-hybridized carbons (Fsp3) is 0.333. The average Bonchev–Trinajstić information content (AvgIpc) is 3.40. The Morgan fingerprint density at radius 1 is 1.36 bits per heavy atom. The van der Waals surface area contributed by atoms with Gasteiger partial charge in [-0.2, -0.15) is 0 Å². The molecule has 1 amide bonds. The molecule has 28 heavy (non-hydrogen) atoms. The van der Waals surface area contributed by atoms with Gasteiger partial charge < -0.3 is 9.88 Å². The molecule has 1 fully saturated rings. The quantitative estimate of drug-likeness (QED) is 0.721. The zero-order valence-corrected chi connectivity index (χ0v) is 16.5. The summed E-state index contributed by atoms with van der Waals surface area (Å²) < 4.78 is 0. The van der Waals surface area contributed by atoms with Gasteiger partial charge in [0.2, 0.25) is 5.91 Å². The van der Waals surface area contributed by atoms with Crippen molar-refractivity contribution in [3.63, 3.8) is 0 Å². The fourth-order valence-corrected chi connectivity index (χ4v) is 4.50. The Morgan fingerprint density at radius 2 is 2.18 bits per heavy atom. The van der Waals surface area contributed by atoms with Crippen LogP contribution < -0.4 is 5.56 Å². The minimum atomic E-state index is -0.173. The van der Waals surface area contributed by atoms with Gasteiger partial charge in [0, 0.05) is 53.8 Å². The highest BCUT2D eigenvalue weighted by atomic mass is 32.1. The third-order valence-corrected chi connectivity index (χ3v) is 6.04. The normalized spacial score (nSPS) is 17.6. The zero-order chi connectivity index (χ0) is 19.5. The molecule has 1 aliphatic heterocycles. The van der Waals surface area contributed by atoms with Gasteiger partial charge in [-0.25, -0.2) is 4.98 Å². The van der Waals surface area contributed by atoms with Crippen LogP contribution in [0.1, 0.15) is 29.8 Å². The monoisotopic (exact) mass is 394 g/mol. The molecule has 0 aromatic carbocycles. The summed E-state index contributed by atoms with van der Waals surface area (Å²) in [5.74, 6) is 0.758. The maximum atomic E-state index is 12.8. The molecular formula is C21H22N4O2S. The van der Waals surface area contributed by atoms with Crippen molar-refractivity contribution in [1.82, 2.24) is 19.9 Å². The predicted molar refractivity (Wildman–Crippen MR) is 109 cm³/mol. The third-order valence-electron chi connectivity index (χ3n) is 5.14. The summed E-state index contributed by atoms with van der Waals surface area (Å²) in [6.07, 6.45) is 4.94. The van der Waals surface area contributed by atoms with Crippen molar-refractivity contribution in [2.24, 2.45) is 5.92 Å². The Labute approximate surface area is 167 Å². The second kappa shape index (κ2) is 8.06. The Balaban J connectivity index is 1.47. The minimum Gasteiger partial charge on any atom is -0.342 e. The first-order valence-corrected chi connectivity index (χ1v) is 10.3. The lowest BCUT2D eigenvalue weighted by atomic mass is 10.0. The van der Waals surface area contributed by atoms with Crippen LogP contribution >= 0.6 is 11.3 Å². The summed E-state index contributed by atoms with van der Waals surface area (Å²) in [6.45, 7) is 3.31. The number of thiophene rings is 1. The lowest BCUT2D eigenvalue weighted by Gasteiger charge is -2.20. The highest BCUT2D eigenvalue weighted by Gasteiger charge is 2.31. The molecule has 0 unspecified atom stereocenters. The van der Waals surface area contributed by atoms with Crippen molar-refractivity contribution >= 4 is 17.2 Å². The lowest BCUT2D eigenvalue weighted by molar-refractivity contribution is -0.133. The van der Waals surface area contributed by atoms with E-state index in [0.29, 0.717) is 18.9 Å². The van der Waals surface area contributed by atoms with Gasteiger partial charge in [0.15, 0.2) is 0 Å². The Hall–Kier alpha value is -2.80. The van der Waals surface area contributed by atoms with Crippen LogP contribution in [-0.2, 0) is 11.2 Å². The number of aromatic nitrogens is 3. The van der Waals surface area contributed by atoms with Crippen molar-refractivity contribution in [1.29, 1.82) is 0 Å². The van der Waals surface area contributed by atoms with E-state index in [9.17, 15) is 9.59 Å². The predicted octanol–water partition coefficient (Wildman–Crippen LogP) is 3.09. The second-order valence-electron chi connectivity index (χ2n) is 7.21. The smallest absolute Gasteiger partial charge is 0.251 e. The lowest BCUT2D eigenvalue weighted by Crippen LogP contribution is -2.34. The molecule has 0 spiro atoms.